The third-order valence-corrected chi connectivity index (χ3v) is 25.7. The van der Waals surface area contributed by atoms with E-state index in [4.69, 9.17) is 9.47 Å². The van der Waals surface area contributed by atoms with Gasteiger partial charge in [-0.1, -0.05) is 115 Å². The standard InChI is InChI=1S/C19H18N2O2.C18H17N3O2.C17H11N3OS.C17H14N2O.3C14H11N3OS/c1-13(2)23-16-7-3-5-14(11-16)18(22)12-15-6-4-8-17-19(15)21-10-9-20-17;1-12(2)23-14-8-6-13(7-9-14)18(22)21-16-5-3-4-15-17(16)20-11-10-19-15;21-17(15-10-11-4-1-2-7-14(11)22-15)20-13-6-3-5-12-16(13)19-9-8-18-12;1-12-5-7-13(8-6-12)16(20)11-14-3-2-4-15-17(14)19-10-9-18-15;1-9-7-12(19-8-9)14(18)17-11-4-2-3-10-13(11)16-6-5-15-10;2*1-9-5-6-12(19-9)14(18)17-11-4-2-3-10-13(11)16-8-7-15-10/h3-11,13H,12H2,1-2H3;3-12H,1-2H3,(H,21,22);1-10H,(H,20,21);2-10H,11H2,1H3;3*2-8H,1H3,(H,17,18). The molecule has 0 saturated heterocycles. The van der Waals surface area contributed by atoms with Crippen LogP contribution in [0.15, 0.2) is 353 Å². The van der Waals surface area contributed by atoms with Gasteiger partial charge in [0, 0.05) is 131 Å². The van der Waals surface area contributed by atoms with Crippen LogP contribution in [-0.2, 0) is 12.8 Å². The van der Waals surface area contributed by atoms with Gasteiger partial charge in [-0.2, -0.15) is 0 Å². The number of benzene rings is 11. The summed E-state index contributed by atoms with van der Waals surface area (Å²) >= 11 is 5.86. The van der Waals surface area contributed by atoms with Gasteiger partial charge < -0.3 is 36.1 Å². The third-order valence-electron chi connectivity index (χ3n) is 21.5. The molecule has 5 amide bonds. The largest absolute Gasteiger partial charge is 0.491 e. The van der Waals surface area contributed by atoms with E-state index in [1.54, 1.807) is 117 Å². The van der Waals surface area contributed by atoms with Crippen molar-refractivity contribution in [3.8, 4) is 11.5 Å². The quantitative estimate of drug-likeness (QED) is 0.0442. The van der Waals surface area contributed by atoms with E-state index in [0.717, 1.165) is 103 Å². The Bertz CT molecular complexity index is 8030. The smallest absolute Gasteiger partial charge is 0.265 e. The molecule has 22 aromatic rings. The summed E-state index contributed by atoms with van der Waals surface area (Å²) in [5.41, 5.74) is 19.8. The lowest BCUT2D eigenvalue weighted by atomic mass is 10.0. The van der Waals surface area contributed by atoms with E-state index >= 15 is 0 Å². The second kappa shape index (κ2) is 48.4. The first-order valence-electron chi connectivity index (χ1n) is 45.8. The van der Waals surface area contributed by atoms with Crippen LogP contribution in [0.1, 0.15) is 129 Å². The van der Waals surface area contributed by atoms with Gasteiger partial charge in [0.15, 0.2) is 11.6 Å². The highest BCUT2D eigenvalue weighted by molar-refractivity contribution is 7.21. The summed E-state index contributed by atoms with van der Waals surface area (Å²) in [5.74, 6) is 0.930. The van der Waals surface area contributed by atoms with Gasteiger partial charge >= 0.3 is 0 Å². The van der Waals surface area contributed by atoms with Gasteiger partial charge in [-0.15, -0.1) is 45.3 Å². The summed E-state index contributed by atoms with van der Waals surface area (Å²) in [6.07, 6.45) is 23.7. The molecule has 0 aliphatic heterocycles. The minimum Gasteiger partial charge on any atom is -0.491 e. The molecule has 11 aromatic carbocycles. The van der Waals surface area contributed by atoms with Crippen molar-refractivity contribution in [3.05, 3.63) is 421 Å². The number of aryl methyl sites for hydroxylation is 4. The number of anilines is 5. The number of fused-ring (bicyclic) bond motifs is 8. The van der Waals surface area contributed by atoms with E-state index in [1.165, 1.54) is 45.3 Å². The molecule has 0 unspecified atom stereocenters. The number of amides is 5. The first-order valence-corrected chi connectivity index (χ1v) is 49.1. The number of ether oxygens (including phenoxy) is 2. The fourth-order valence-corrected chi connectivity index (χ4v) is 18.1. The summed E-state index contributed by atoms with van der Waals surface area (Å²) in [4.78, 5) is 151. The maximum absolute atomic E-state index is 12.6. The molecule has 0 radical (unpaired) electrons. The number of nitrogens with one attached hydrogen (secondary N) is 5. The molecule has 0 atom stereocenters. The predicted molar refractivity (Wildman–Crippen MR) is 577 cm³/mol. The average Bonchev–Trinajstić information content (AvgIpc) is 1.65. The van der Waals surface area contributed by atoms with Crippen LogP contribution in [0.4, 0.5) is 28.4 Å². The fraction of sp³-hybridized carbons (Fsp3) is 0.106. The lowest BCUT2D eigenvalue weighted by Gasteiger charge is -2.10. The van der Waals surface area contributed by atoms with Crippen LogP contribution in [0.3, 0.4) is 0 Å². The molecule has 145 heavy (non-hydrogen) atoms. The number of para-hydroxylation sites is 7. The second-order valence-electron chi connectivity index (χ2n) is 33.0. The van der Waals surface area contributed by atoms with Crippen LogP contribution in [0, 0.1) is 27.7 Å². The van der Waals surface area contributed by atoms with Crippen LogP contribution in [-0.4, -0.2) is 123 Å². The molecular weight excluding hydrogens is 1900 g/mol. The summed E-state index contributed by atoms with van der Waals surface area (Å²) in [5, 5.41) is 17.5. The van der Waals surface area contributed by atoms with E-state index < -0.39 is 0 Å². The molecular formula is C113H93N19O9S4. The summed E-state index contributed by atoms with van der Waals surface area (Å²) < 4.78 is 12.3. The number of hydrogen-bond acceptors (Lipinski definition) is 27. The topological polar surface area (TPSA) is 379 Å². The minimum atomic E-state index is -0.195. The van der Waals surface area contributed by atoms with Crippen molar-refractivity contribution >= 4 is 202 Å². The van der Waals surface area contributed by atoms with Crippen LogP contribution in [0.25, 0.3) is 87.3 Å². The molecule has 11 aromatic heterocycles. The average molecular weight is 1990 g/mol. The number of ketones is 2. The maximum Gasteiger partial charge on any atom is 0.265 e. The Hall–Kier alpha value is -17.9. The van der Waals surface area contributed by atoms with Crippen LogP contribution in [0.5, 0.6) is 11.5 Å². The molecule has 0 spiro atoms. The molecule has 0 aliphatic carbocycles. The van der Waals surface area contributed by atoms with Gasteiger partial charge in [-0.05, 0) is 235 Å². The lowest BCUT2D eigenvalue weighted by Crippen LogP contribution is -2.12. The molecule has 22 rings (SSSR count). The van der Waals surface area contributed by atoms with E-state index in [1.807, 2.05) is 291 Å². The van der Waals surface area contributed by atoms with Gasteiger partial charge in [0.2, 0.25) is 0 Å². The predicted octanol–water partition coefficient (Wildman–Crippen LogP) is 24.7. The van der Waals surface area contributed by atoms with Crippen LogP contribution in [0.2, 0.25) is 0 Å². The van der Waals surface area contributed by atoms with E-state index in [2.05, 4.69) is 96.4 Å². The number of nitrogens with zero attached hydrogens (tertiary/aromatic N) is 14. The van der Waals surface area contributed by atoms with E-state index in [0.29, 0.717) is 105 Å². The zero-order valence-corrected chi connectivity index (χ0v) is 82.9. The summed E-state index contributed by atoms with van der Waals surface area (Å²) in [6, 6.07) is 80.5. The Morgan fingerprint density at radius 3 is 0.986 bits per heavy atom. The van der Waals surface area contributed by atoms with Gasteiger partial charge in [-0.3, -0.25) is 103 Å². The van der Waals surface area contributed by atoms with Crippen molar-refractivity contribution in [1.29, 1.82) is 0 Å². The fourth-order valence-electron chi connectivity index (χ4n) is 14.8. The van der Waals surface area contributed by atoms with E-state index in [9.17, 15) is 33.6 Å². The number of aromatic nitrogens is 14. The number of Topliss-reactive ketones (excluding diaryl/α,β-unsaturated/α-hetero) is 2. The molecule has 28 nitrogen and oxygen atoms in total. The van der Waals surface area contributed by atoms with Crippen molar-refractivity contribution < 1.29 is 43.0 Å². The number of hydrogen-bond donors (Lipinski definition) is 5. The normalized spacial score (nSPS) is 10.7. The summed E-state index contributed by atoms with van der Waals surface area (Å²) in [7, 11) is 0. The van der Waals surface area contributed by atoms with Crippen LogP contribution < -0.4 is 36.1 Å². The van der Waals surface area contributed by atoms with Crippen molar-refractivity contribution in [2.24, 2.45) is 0 Å². The molecule has 0 fully saturated rings. The Labute approximate surface area is 848 Å². The van der Waals surface area contributed by atoms with Crippen molar-refractivity contribution in [3.63, 3.8) is 0 Å². The highest BCUT2D eigenvalue weighted by Crippen LogP contribution is 2.32. The minimum absolute atomic E-state index is 0.0392. The first kappa shape index (κ1) is 100. The third kappa shape index (κ3) is 26.8. The molecule has 32 heteroatoms. The molecule has 0 bridgehead atoms. The van der Waals surface area contributed by atoms with E-state index in [-0.39, 0.29) is 53.3 Å². The highest BCUT2D eigenvalue weighted by atomic mass is 32.1. The number of thiophene rings is 4. The van der Waals surface area contributed by atoms with Crippen molar-refractivity contribution in [2.75, 3.05) is 26.6 Å². The van der Waals surface area contributed by atoms with Gasteiger partial charge in [-0.25, -0.2) is 0 Å². The zero-order valence-electron chi connectivity index (χ0n) is 79.6. The summed E-state index contributed by atoms with van der Waals surface area (Å²) in [6.45, 7) is 15.8. The Kier molecular flexibility index (Phi) is 33.4. The van der Waals surface area contributed by atoms with Crippen molar-refractivity contribution in [2.45, 2.75) is 80.4 Å². The Morgan fingerprint density at radius 1 is 0.269 bits per heavy atom. The number of rotatable bonds is 20. The van der Waals surface area contributed by atoms with Gasteiger partial charge in [0.25, 0.3) is 29.5 Å². The molecule has 11 heterocycles. The number of carbonyl (C=O) groups is 7. The van der Waals surface area contributed by atoms with Crippen LogP contribution >= 0.6 is 45.3 Å². The molecule has 0 aliphatic rings. The maximum atomic E-state index is 12.6. The SMILES string of the molecule is CC(C)Oc1ccc(C(=O)Nc2cccc3nccnc23)cc1.CC(C)Oc1cccc(C(=O)Cc2cccc3nccnc23)c1.Cc1ccc(C(=O)Cc2cccc3nccnc23)cc1.Cc1ccc(C(=O)Nc2cccc3nccnc23)s1.Cc1ccc(C(=O)Nc2cccc3nccnc23)s1.Cc1csc(C(=O)Nc2cccc3nccnc23)c1.O=C(Nc1cccc2nccnc12)c1cc2ccccc2s1. The molecule has 5 N–H and O–H groups in total. The first-order chi connectivity index (χ1) is 70.5. The zero-order chi connectivity index (χ0) is 101. The number of carbonyl (C=O) groups excluding carboxylic acids is 7. The van der Waals surface area contributed by atoms with Crippen molar-refractivity contribution in [1.82, 2.24) is 69.8 Å². The molecule has 718 valence electrons. The monoisotopic (exact) mass is 1990 g/mol. The van der Waals surface area contributed by atoms with Gasteiger partial charge in [0.1, 0.15) is 39.1 Å². The Morgan fingerprint density at radius 2 is 0.607 bits per heavy atom. The molecule has 0 saturated carbocycles. The Balaban J connectivity index is 0.000000121. The van der Waals surface area contributed by atoms with Gasteiger partial charge in [0.05, 0.1) is 110 Å². The highest BCUT2D eigenvalue weighted by Gasteiger charge is 2.20. The lowest BCUT2D eigenvalue weighted by molar-refractivity contribution is 0.0985. The second-order valence-corrected chi connectivity index (χ2v) is 37.6.